The van der Waals surface area contributed by atoms with E-state index in [0.29, 0.717) is 0 Å². The third-order valence-electron chi connectivity index (χ3n) is 3.61. The van der Waals surface area contributed by atoms with Crippen LogP contribution in [-0.2, 0) is 0 Å². The molecule has 0 spiro atoms. The fraction of sp³-hybridized carbons (Fsp3) is 0.250. The predicted octanol–water partition coefficient (Wildman–Crippen LogP) is 3.45. The predicted molar refractivity (Wildman–Crippen MR) is 78.4 cm³/mol. The van der Waals surface area contributed by atoms with Crippen LogP contribution in [0, 0.1) is 0 Å². The summed E-state index contributed by atoms with van der Waals surface area (Å²) in [6, 6.07) is 13.6. The van der Waals surface area contributed by atoms with Crippen LogP contribution in [0.1, 0.15) is 24.4 Å². The fourth-order valence-electron chi connectivity index (χ4n) is 2.65. The lowest BCUT2D eigenvalue weighted by molar-refractivity contribution is 0.207. The molecule has 1 aliphatic heterocycles. The van der Waals surface area contributed by atoms with Crippen LogP contribution >= 0.6 is 0 Å². The molecule has 3 rings (SSSR count). The van der Waals surface area contributed by atoms with Gasteiger partial charge in [0.05, 0.1) is 6.04 Å². The second-order valence-corrected chi connectivity index (χ2v) is 4.93. The number of benzene rings is 1. The van der Waals surface area contributed by atoms with E-state index in [0.717, 1.165) is 30.6 Å². The quantitative estimate of drug-likeness (QED) is 0.905. The molecular formula is C16H17N3O. The number of nitrogens with one attached hydrogen (secondary N) is 1. The molecule has 1 aromatic carbocycles. The van der Waals surface area contributed by atoms with Gasteiger partial charge in [-0.2, -0.15) is 0 Å². The molecule has 1 unspecified atom stereocenters. The van der Waals surface area contributed by atoms with Crippen LogP contribution < -0.4 is 5.32 Å². The zero-order valence-corrected chi connectivity index (χ0v) is 11.2. The average molecular weight is 267 g/mol. The van der Waals surface area contributed by atoms with E-state index in [-0.39, 0.29) is 12.1 Å². The average Bonchev–Trinajstić information content (AvgIpc) is 2.99. The molecule has 1 saturated heterocycles. The van der Waals surface area contributed by atoms with Crippen molar-refractivity contribution in [3.05, 3.63) is 60.4 Å². The first-order valence-electron chi connectivity index (χ1n) is 6.87. The molecule has 2 amide bonds. The number of nitrogens with zero attached hydrogens (tertiary/aromatic N) is 2. The van der Waals surface area contributed by atoms with Gasteiger partial charge in [0, 0.05) is 24.6 Å². The number of aromatic nitrogens is 1. The zero-order valence-electron chi connectivity index (χ0n) is 11.2. The van der Waals surface area contributed by atoms with Crippen LogP contribution in [0.4, 0.5) is 10.5 Å². The van der Waals surface area contributed by atoms with Gasteiger partial charge >= 0.3 is 6.03 Å². The van der Waals surface area contributed by atoms with E-state index < -0.39 is 0 Å². The van der Waals surface area contributed by atoms with E-state index in [1.54, 1.807) is 6.20 Å². The first-order valence-corrected chi connectivity index (χ1v) is 6.87. The summed E-state index contributed by atoms with van der Waals surface area (Å²) < 4.78 is 0. The highest BCUT2D eigenvalue weighted by atomic mass is 16.2. The topological polar surface area (TPSA) is 45.2 Å². The number of amides is 2. The van der Waals surface area contributed by atoms with Crippen molar-refractivity contribution in [1.82, 2.24) is 9.88 Å². The Labute approximate surface area is 118 Å². The van der Waals surface area contributed by atoms with E-state index in [9.17, 15) is 4.79 Å². The number of urea groups is 1. The summed E-state index contributed by atoms with van der Waals surface area (Å²) in [5, 5.41) is 2.95. The van der Waals surface area contributed by atoms with Crippen molar-refractivity contribution in [1.29, 1.82) is 0 Å². The van der Waals surface area contributed by atoms with Gasteiger partial charge in [-0.05, 0) is 36.6 Å². The highest BCUT2D eigenvalue weighted by Gasteiger charge is 2.29. The Morgan fingerprint density at radius 3 is 2.80 bits per heavy atom. The fourth-order valence-corrected chi connectivity index (χ4v) is 2.65. The molecule has 2 heterocycles. The maximum atomic E-state index is 12.4. The number of para-hydroxylation sites is 1. The van der Waals surface area contributed by atoms with Gasteiger partial charge in [-0.3, -0.25) is 4.98 Å². The van der Waals surface area contributed by atoms with Crippen molar-refractivity contribution in [3.63, 3.8) is 0 Å². The van der Waals surface area contributed by atoms with Crippen molar-refractivity contribution in [2.45, 2.75) is 18.9 Å². The SMILES string of the molecule is O=C(Nc1ccccc1)N1CCCC1c1cccnc1. The smallest absolute Gasteiger partial charge is 0.317 e. The molecule has 0 saturated carbocycles. The minimum absolute atomic E-state index is 0.0393. The molecule has 1 fully saturated rings. The molecule has 0 aliphatic carbocycles. The van der Waals surface area contributed by atoms with Gasteiger partial charge in [-0.1, -0.05) is 24.3 Å². The summed E-state index contributed by atoms with van der Waals surface area (Å²) in [4.78, 5) is 18.4. The molecule has 102 valence electrons. The van der Waals surface area contributed by atoms with E-state index >= 15 is 0 Å². The molecule has 1 aliphatic rings. The van der Waals surface area contributed by atoms with E-state index in [1.807, 2.05) is 53.6 Å². The van der Waals surface area contributed by atoms with Crippen LogP contribution in [0.15, 0.2) is 54.9 Å². The Kier molecular flexibility index (Phi) is 3.63. The molecule has 0 radical (unpaired) electrons. The standard InChI is InChI=1S/C16H17N3O/c20-16(18-14-7-2-1-3-8-14)19-11-5-9-15(19)13-6-4-10-17-12-13/h1-4,6-8,10,12,15H,5,9,11H2,(H,18,20). The van der Waals surface area contributed by atoms with E-state index in [4.69, 9.17) is 0 Å². The van der Waals surface area contributed by atoms with Crippen LogP contribution in [0.25, 0.3) is 0 Å². The Morgan fingerprint density at radius 2 is 2.05 bits per heavy atom. The number of likely N-dealkylation sites (tertiary alicyclic amines) is 1. The van der Waals surface area contributed by atoms with Crippen LogP contribution in [0.5, 0.6) is 0 Å². The Hall–Kier alpha value is -2.36. The van der Waals surface area contributed by atoms with Crippen LogP contribution in [0.2, 0.25) is 0 Å². The van der Waals surface area contributed by atoms with Crippen molar-refractivity contribution in [2.75, 3.05) is 11.9 Å². The van der Waals surface area contributed by atoms with Gasteiger partial charge in [0.1, 0.15) is 0 Å². The normalized spacial score (nSPS) is 18.0. The highest BCUT2D eigenvalue weighted by molar-refractivity contribution is 5.89. The van der Waals surface area contributed by atoms with Gasteiger partial charge in [0.15, 0.2) is 0 Å². The summed E-state index contributed by atoms with van der Waals surface area (Å²) in [6.07, 6.45) is 5.63. The number of rotatable bonds is 2. The Balaban J connectivity index is 1.74. The number of carbonyl (C=O) groups excluding carboxylic acids is 1. The second kappa shape index (κ2) is 5.74. The summed E-state index contributed by atoms with van der Waals surface area (Å²) in [6.45, 7) is 0.790. The molecule has 1 N–H and O–H groups in total. The highest BCUT2D eigenvalue weighted by Crippen LogP contribution is 2.31. The molecule has 4 nitrogen and oxygen atoms in total. The number of pyridine rings is 1. The van der Waals surface area contributed by atoms with Crippen LogP contribution in [-0.4, -0.2) is 22.5 Å². The van der Waals surface area contributed by atoms with Crippen molar-refractivity contribution >= 4 is 11.7 Å². The molecule has 0 bridgehead atoms. The maximum Gasteiger partial charge on any atom is 0.322 e. The molecule has 2 aromatic rings. The lowest BCUT2D eigenvalue weighted by Crippen LogP contribution is -2.34. The number of carbonyl (C=O) groups is 1. The molecule has 20 heavy (non-hydrogen) atoms. The van der Waals surface area contributed by atoms with E-state index in [2.05, 4.69) is 10.3 Å². The minimum atomic E-state index is -0.0393. The van der Waals surface area contributed by atoms with E-state index in [1.165, 1.54) is 0 Å². The summed E-state index contributed by atoms with van der Waals surface area (Å²) >= 11 is 0. The maximum absolute atomic E-state index is 12.4. The van der Waals surface area contributed by atoms with Gasteiger partial charge in [0.25, 0.3) is 0 Å². The minimum Gasteiger partial charge on any atom is -0.317 e. The Bertz CT molecular complexity index is 571. The number of hydrogen-bond donors (Lipinski definition) is 1. The van der Waals surface area contributed by atoms with Crippen molar-refractivity contribution in [3.8, 4) is 0 Å². The van der Waals surface area contributed by atoms with Gasteiger partial charge < -0.3 is 10.2 Å². The molecule has 1 atom stereocenters. The van der Waals surface area contributed by atoms with Crippen molar-refractivity contribution in [2.24, 2.45) is 0 Å². The summed E-state index contributed by atoms with van der Waals surface area (Å²) in [7, 11) is 0. The largest absolute Gasteiger partial charge is 0.322 e. The first kappa shape index (κ1) is 12.7. The number of hydrogen-bond acceptors (Lipinski definition) is 2. The monoisotopic (exact) mass is 267 g/mol. The summed E-state index contributed by atoms with van der Waals surface area (Å²) in [5.74, 6) is 0. The lowest BCUT2D eigenvalue weighted by Gasteiger charge is -2.25. The Morgan fingerprint density at radius 1 is 1.20 bits per heavy atom. The summed E-state index contributed by atoms with van der Waals surface area (Å²) in [5.41, 5.74) is 1.93. The van der Waals surface area contributed by atoms with Crippen molar-refractivity contribution < 1.29 is 4.79 Å². The van der Waals surface area contributed by atoms with Gasteiger partial charge in [-0.15, -0.1) is 0 Å². The van der Waals surface area contributed by atoms with Gasteiger partial charge in [-0.25, -0.2) is 4.79 Å². The molecule has 1 aromatic heterocycles. The third-order valence-corrected chi connectivity index (χ3v) is 3.61. The van der Waals surface area contributed by atoms with Crippen LogP contribution in [0.3, 0.4) is 0 Å². The van der Waals surface area contributed by atoms with Gasteiger partial charge in [0.2, 0.25) is 0 Å². The second-order valence-electron chi connectivity index (χ2n) is 4.93. The molecular weight excluding hydrogens is 250 g/mol. The lowest BCUT2D eigenvalue weighted by atomic mass is 10.1. The molecule has 4 heteroatoms. The first-order chi connectivity index (χ1) is 9.84. The third kappa shape index (κ3) is 2.64. The number of anilines is 1. The zero-order chi connectivity index (χ0) is 13.8.